The number of thiol groups is 1. The van der Waals surface area contributed by atoms with Crippen LogP contribution in [0.15, 0.2) is 0 Å². The molecule has 0 aliphatic carbocycles. The minimum Gasteiger partial charge on any atom is -0.480 e. The van der Waals surface area contributed by atoms with Crippen molar-refractivity contribution in [3.8, 4) is 0 Å². The number of aliphatic carboxylic acids is 1. The van der Waals surface area contributed by atoms with Crippen molar-refractivity contribution < 1.29 is 9.90 Å². The number of hydrogen-bond donors (Lipinski definition) is 3. The first kappa shape index (κ1) is 19.5. The standard InChI is InChI=1S/C8H17NO2S.C4H10S/c1-8(2,3)12-5-4-6(9)7(10)11;1-4(2,3)5/h6H,4-5,9H2,1-3H3,(H,10,11);5H,1-3H3/t6-;/m0./s1. The Labute approximate surface area is 115 Å². The van der Waals surface area contributed by atoms with E-state index in [9.17, 15) is 4.79 Å². The van der Waals surface area contributed by atoms with Crippen LogP contribution in [-0.2, 0) is 4.79 Å². The van der Waals surface area contributed by atoms with Crippen molar-refractivity contribution in [2.75, 3.05) is 5.75 Å². The number of hydrogen-bond acceptors (Lipinski definition) is 4. The second-order valence-corrected chi connectivity index (χ2v) is 9.13. The van der Waals surface area contributed by atoms with Crippen LogP contribution < -0.4 is 5.73 Å². The second kappa shape index (κ2) is 8.27. The Morgan fingerprint density at radius 2 is 1.65 bits per heavy atom. The predicted octanol–water partition coefficient (Wildman–Crippen LogP) is 3.03. The summed E-state index contributed by atoms with van der Waals surface area (Å²) < 4.78 is 0.387. The van der Waals surface area contributed by atoms with Gasteiger partial charge in [0.25, 0.3) is 0 Å². The highest BCUT2D eigenvalue weighted by molar-refractivity contribution is 8.00. The monoisotopic (exact) mass is 281 g/mol. The topological polar surface area (TPSA) is 63.3 Å². The summed E-state index contributed by atoms with van der Waals surface area (Å²) in [5.41, 5.74) is 5.33. The summed E-state index contributed by atoms with van der Waals surface area (Å²) in [5.74, 6) is -0.110. The van der Waals surface area contributed by atoms with E-state index in [1.165, 1.54) is 0 Å². The number of nitrogens with two attached hydrogens (primary N) is 1. The van der Waals surface area contributed by atoms with Crippen LogP contribution in [0, 0.1) is 0 Å². The van der Waals surface area contributed by atoms with Crippen LogP contribution >= 0.6 is 24.4 Å². The van der Waals surface area contributed by atoms with Crippen LogP contribution in [0.1, 0.15) is 48.0 Å². The normalized spacial score (nSPS) is 13.6. The lowest BCUT2D eigenvalue weighted by Gasteiger charge is -2.17. The van der Waals surface area contributed by atoms with Gasteiger partial charge in [0.15, 0.2) is 0 Å². The van der Waals surface area contributed by atoms with Crippen LogP contribution in [0.4, 0.5) is 0 Å². The van der Waals surface area contributed by atoms with E-state index in [1.54, 1.807) is 11.8 Å². The maximum atomic E-state index is 10.3. The third-order valence-corrected chi connectivity index (χ3v) is 2.59. The van der Waals surface area contributed by atoms with E-state index in [-0.39, 0.29) is 9.49 Å². The summed E-state index contributed by atoms with van der Waals surface area (Å²) >= 11 is 5.86. The lowest BCUT2D eigenvalue weighted by Crippen LogP contribution is -2.30. The summed E-state index contributed by atoms with van der Waals surface area (Å²) in [6.07, 6.45) is 0.539. The minimum absolute atomic E-state index is 0.193. The third kappa shape index (κ3) is 26.0. The molecule has 0 saturated heterocycles. The van der Waals surface area contributed by atoms with Crippen molar-refractivity contribution in [1.82, 2.24) is 0 Å². The SMILES string of the molecule is CC(C)(C)S.CC(C)(C)SCC[C@H](N)C(=O)O. The summed E-state index contributed by atoms with van der Waals surface area (Å²) in [4.78, 5) is 10.3. The van der Waals surface area contributed by atoms with E-state index in [0.29, 0.717) is 6.42 Å². The quantitative estimate of drug-likeness (QED) is 0.693. The zero-order valence-corrected chi connectivity index (χ0v) is 13.5. The van der Waals surface area contributed by atoms with Gasteiger partial charge in [-0.3, -0.25) is 4.79 Å². The fraction of sp³-hybridized carbons (Fsp3) is 0.917. The van der Waals surface area contributed by atoms with Gasteiger partial charge >= 0.3 is 5.97 Å². The molecule has 0 unspecified atom stereocenters. The van der Waals surface area contributed by atoms with E-state index in [4.69, 9.17) is 10.8 Å². The predicted molar refractivity (Wildman–Crippen MR) is 81.2 cm³/mol. The van der Waals surface area contributed by atoms with Gasteiger partial charge in [-0.05, 0) is 12.2 Å². The van der Waals surface area contributed by atoms with Gasteiger partial charge in [-0.2, -0.15) is 24.4 Å². The van der Waals surface area contributed by atoms with Crippen molar-refractivity contribution in [2.24, 2.45) is 5.73 Å². The molecule has 0 spiro atoms. The Hall–Kier alpha value is 0.130. The van der Waals surface area contributed by atoms with Gasteiger partial charge in [0, 0.05) is 9.49 Å². The van der Waals surface area contributed by atoms with E-state index in [0.717, 1.165) is 5.75 Å². The van der Waals surface area contributed by atoms with Gasteiger partial charge in [0.05, 0.1) is 0 Å². The Balaban J connectivity index is 0. The Bertz CT molecular complexity index is 214. The number of rotatable bonds is 4. The maximum absolute atomic E-state index is 10.3. The fourth-order valence-corrected chi connectivity index (χ4v) is 1.60. The number of carboxylic acid groups (broad SMARTS) is 1. The molecule has 0 aliphatic rings. The number of thioether (sulfide) groups is 1. The summed E-state index contributed by atoms with van der Waals surface area (Å²) in [5, 5.41) is 8.48. The summed E-state index contributed by atoms with van der Waals surface area (Å²) in [7, 11) is 0. The molecule has 1 atom stereocenters. The van der Waals surface area contributed by atoms with Crippen LogP contribution in [0.25, 0.3) is 0 Å². The molecule has 0 radical (unpaired) electrons. The highest BCUT2D eigenvalue weighted by Gasteiger charge is 2.14. The van der Waals surface area contributed by atoms with Crippen LogP contribution in [-0.4, -0.2) is 32.4 Å². The molecule has 0 fully saturated rings. The number of carbonyl (C=O) groups is 1. The zero-order valence-electron chi connectivity index (χ0n) is 11.8. The highest BCUT2D eigenvalue weighted by atomic mass is 32.2. The molecule has 104 valence electrons. The Morgan fingerprint density at radius 3 is 1.88 bits per heavy atom. The lowest BCUT2D eigenvalue weighted by atomic mass is 10.2. The average molecular weight is 281 g/mol. The molecular formula is C12H27NO2S2. The summed E-state index contributed by atoms with van der Waals surface area (Å²) in [6, 6.07) is -0.708. The van der Waals surface area contributed by atoms with Crippen molar-refractivity contribution in [3.05, 3.63) is 0 Å². The molecule has 0 heterocycles. The first-order valence-corrected chi connectivity index (χ1v) is 7.11. The molecule has 0 amide bonds. The molecule has 3 nitrogen and oxygen atoms in total. The van der Waals surface area contributed by atoms with Crippen molar-refractivity contribution >= 4 is 30.4 Å². The second-order valence-electron chi connectivity index (χ2n) is 5.87. The highest BCUT2D eigenvalue weighted by Crippen LogP contribution is 2.23. The molecule has 3 N–H and O–H groups in total. The molecule has 0 rings (SSSR count). The van der Waals surface area contributed by atoms with Crippen molar-refractivity contribution in [3.63, 3.8) is 0 Å². The molecule has 0 aromatic rings. The molecular weight excluding hydrogens is 254 g/mol. The van der Waals surface area contributed by atoms with E-state index < -0.39 is 12.0 Å². The minimum atomic E-state index is -0.912. The zero-order chi connectivity index (χ0) is 14.3. The third-order valence-electron chi connectivity index (χ3n) is 1.28. The molecule has 0 aromatic carbocycles. The van der Waals surface area contributed by atoms with E-state index >= 15 is 0 Å². The van der Waals surface area contributed by atoms with Gasteiger partial charge in [-0.25, -0.2) is 0 Å². The first-order valence-electron chi connectivity index (χ1n) is 5.67. The molecule has 17 heavy (non-hydrogen) atoms. The Morgan fingerprint density at radius 1 is 1.29 bits per heavy atom. The maximum Gasteiger partial charge on any atom is 0.320 e. The molecule has 0 aromatic heterocycles. The molecule has 0 bridgehead atoms. The van der Waals surface area contributed by atoms with Gasteiger partial charge in [-0.1, -0.05) is 41.5 Å². The van der Waals surface area contributed by atoms with Gasteiger partial charge < -0.3 is 10.8 Å². The van der Waals surface area contributed by atoms with Crippen molar-refractivity contribution in [2.45, 2.75) is 63.5 Å². The van der Waals surface area contributed by atoms with Crippen LogP contribution in [0.2, 0.25) is 0 Å². The smallest absolute Gasteiger partial charge is 0.320 e. The van der Waals surface area contributed by atoms with E-state index in [1.807, 2.05) is 0 Å². The fourth-order valence-electron chi connectivity index (χ4n) is 0.616. The number of carboxylic acids is 1. The van der Waals surface area contributed by atoms with Gasteiger partial charge in [-0.15, -0.1) is 0 Å². The first-order chi connectivity index (χ1) is 7.33. The van der Waals surface area contributed by atoms with E-state index in [2.05, 4.69) is 54.2 Å². The lowest BCUT2D eigenvalue weighted by molar-refractivity contribution is -0.138. The summed E-state index contributed by atoms with van der Waals surface area (Å²) in [6.45, 7) is 12.5. The van der Waals surface area contributed by atoms with Gasteiger partial charge in [0.1, 0.15) is 6.04 Å². The molecule has 0 aliphatic heterocycles. The largest absolute Gasteiger partial charge is 0.480 e. The molecule has 5 heteroatoms. The van der Waals surface area contributed by atoms with Crippen molar-refractivity contribution in [1.29, 1.82) is 0 Å². The average Bonchev–Trinajstić information content (AvgIpc) is 1.97. The Kier molecular flexibility index (Phi) is 9.47. The van der Waals surface area contributed by atoms with Crippen LogP contribution in [0.3, 0.4) is 0 Å². The van der Waals surface area contributed by atoms with Gasteiger partial charge in [0.2, 0.25) is 0 Å². The molecule has 0 saturated carbocycles. The van der Waals surface area contributed by atoms with Crippen LogP contribution in [0.5, 0.6) is 0 Å².